The molecule has 1 amide bonds. The van der Waals surface area contributed by atoms with Crippen LogP contribution in [0.15, 0.2) is 0 Å². The number of rotatable bonds is 10. The van der Waals surface area contributed by atoms with E-state index < -0.39 is 0 Å². The van der Waals surface area contributed by atoms with Crippen molar-refractivity contribution in [2.24, 2.45) is 5.92 Å². The highest BCUT2D eigenvalue weighted by molar-refractivity contribution is 5.78. The number of nitrogens with one attached hydrogen (secondary N) is 2. The first-order valence-electron chi connectivity index (χ1n) is 6.66. The molecule has 0 aromatic carbocycles. The molecule has 0 rings (SSSR count). The first-order chi connectivity index (χ1) is 8.43. The zero-order valence-corrected chi connectivity index (χ0v) is 12.5. The van der Waals surface area contributed by atoms with Crippen LogP contribution < -0.4 is 10.6 Å². The van der Waals surface area contributed by atoms with Crippen LogP contribution in [0, 0.1) is 5.92 Å². The normalized spacial score (nSPS) is 13.1. The van der Waals surface area contributed by atoms with E-state index in [1.165, 1.54) is 0 Å². The molecule has 0 spiro atoms. The monoisotopic (exact) mass is 259 g/mol. The van der Waals surface area contributed by atoms with Crippen molar-refractivity contribution >= 4 is 5.91 Å². The fourth-order valence-corrected chi connectivity index (χ4v) is 1.17. The number of hydrogen-bond donors (Lipinski definition) is 2. The Balaban J connectivity index is 3.36. The van der Waals surface area contributed by atoms with Gasteiger partial charge in [-0.2, -0.15) is 0 Å². The lowest BCUT2D eigenvalue weighted by atomic mass is 10.1. The molecule has 0 saturated heterocycles. The second-order valence-corrected chi connectivity index (χ2v) is 5.19. The molecule has 0 aromatic rings. The number of likely N-dealkylation sites (N-methyl/N-ethyl adjacent to an activating group) is 1. The van der Waals surface area contributed by atoms with E-state index in [1.54, 1.807) is 0 Å². The Morgan fingerprint density at radius 1 is 1.22 bits per heavy atom. The van der Waals surface area contributed by atoms with Crippen molar-refractivity contribution in [1.82, 2.24) is 15.5 Å². The topological polar surface area (TPSA) is 53.6 Å². The first-order valence-corrected chi connectivity index (χ1v) is 6.66. The molecule has 0 aliphatic heterocycles. The highest BCUT2D eigenvalue weighted by Gasteiger charge is 2.09. The summed E-state index contributed by atoms with van der Waals surface area (Å²) in [6.07, 6.45) is 0. The maximum Gasteiger partial charge on any atom is 0.234 e. The van der Waals surface area contributed by atoms with Gasteiger partial charge in [-0.3, -0.25) is 4.79 Å². The summed E-state index contributed by atoms with van der Waals surface area (Å²) in [5.41, 5.74) is 0. The molecule has 0 saturated carbocycles. The molecule has 0 heterocycles. The zero-order valence-electron chi connectivity index (χ0n) is 12.5. The lowest BCUT2D eigenvalue weighted by Crippen LogP contribution is -2.41. The van der Waals surface area contributed by atoms with E-state index in [0.717, 1.165) is 13.2 Å². The van der Waals surface area contributed by atoms with Crippen molar-refractivity contribution in [3.63, 3.8) is 0 Å². The van der Waals surface area contributed by atoms with Gasteiger partial charge in [0, 0.05) is 19.1 Å². The number of amides is 1. The molecule has 0 aliphatic rings. The third-order valence-corrected chi connectivity index (χ3v) is 2.78. The molecule has 0 aliphatic carbocycles. The highest BCUT2D eigenvalue weighted by atomic mass is 16.5. The minimum absolute atomic E-state index is 0.0458. The van der Waals surface area contributed by atoms with Crippen LogP contribution in [0.25, 0.3) is 0 Å². The van der Waals surface area contributed by atoms with Crippen LogP contribution in [-0.2, 0) is 9.53 Å². The van der Waals surface area contributed by atoms with Gasteiger partial charge in [0.2, 0.25) is 5.91 Å². The number of carbonyl (C=O) groups excluding carboxylic acids is 1. The van der Waals surface area contributed by atoms with E-state index in [1.807, 2.05) is 21.0 Å². The molecule has 18 heavy (non-hydrogen) atoms. The predicted octanol–water partition coefficient (Wildman–Crippen LogP) is 0.315. The Hall–Kier alpha value is -0.650. The number of carbonyl (C=O) groups is 1. The Morgan fingerprint density at radius 3 is 2.44 bits per heavy atom. The lowest BCUT2D eigenvalue weighted by Gasteiger charge is -2.17. The average molecular weight is 259 g/mol. The van der Waals surface area contributed by atoms with E-state index in [2.05, 4.69) is 29.4 Å². The molecular formula is C13H29N3O2. The summed E-state index contributed by atoms with van der Waals surface area (Å²) in [7, 11) is 4.03. The molecule has 1 atom stereocenters. The van der Waals surface area contributed by atoms with E-state index in [9.17, 15) is 4.79 Å². The van der Waals surface area contributed by atoms with Gasteiger partial charge in [0.15, 0.2) is 0 Å². The van der Waals surface area contributed by atoms with Gasteiger partial charge in [-0.05, 0) is 26.9 Å². The van der Waals surface area contributed by atoms with Gasteiger partial charge in [0.25, 0.3) is 0 Å². The van der Waals surface area contributed by atoms with Crippen LogP contribution >= 0.6 is 0 Å². The second kappa shape index (κ2) is 10.3. The summed E-state index contributed by atoms with van der Waals surface area (Å²) in [4.78, 5) is 13.6. The van der Waals surface area contributed by atoms with E-state index in [-0.39, 0.29) is 11.9 Å². The lowest BCUT2D eigenvalue weighted by molar-refractivity contribution is -0.121. The molecule has 0 bridgehead atoms. The molecule has 0 fully saturated rings. The molecule has 5 nitrogen and oxygen atoms in total. The molecule has 5 heteroatoms. The smallest absolute Gasteiger partial charge is 0.234 e. The standard InChI is InChI=1S/C13H29N3O2/c1-11(2)12(3)15-13(17)10-14-6-8-18-9-7-16(4)5/h11-12,14H,6-10H2,1-5H3,(H,15,17). The number of nitrogens with zero attached hydrogens (tertiary/aromatic N) is 1. The van der Waals surface area contributed by atoms with Crippen molar-refractivity contribution < 1.29 is 9.53 Å². The third kappa shape index (κ3) is 10.5. The number of hydrogen-bond acceptors (Lipinski definition) is 4. The van der Waals surface area contributed by atoms with E-state index in [0.29, 0.717) is 25.6 Å². The Morgan fingerprint density at radius 2 is 1.89 bits per heavy atom. The zero-order chi connectivity index (χ0) is 14.0. The largest absolute Gasteiger partial charge is 0.379 e. The fourth-order valence-electron chi connectivity index (χ4n) is 1.17. The van der Waals surface area contributed by atoms with Crippen molar-refractivity contribution in [3.8, 4) is 0 Å². The molecule has 0 radical (unpaired) electrons. The summed E-state index contributed by atoms with van der Waals surface area (Å²) < 4.78 is 5.41. The van der Waals surface area contributed by atoms with Crippen LogP contribution in [0.3, 0.4) is 0 Å². The van der Waals surface area contributed by atoms with Crippen molar-refractivity contribution in [2.45, 2.75) is 26.8 Å². The van der Waals surface area contributed by atoms with Gasteiger partial charge >= 0.3 is 0 Å². The van der Waals surface area contributed by atoms with E-state index in [4.69, 9.17) is 4.74 Å². The van der Waals surface area contributed by atoms with Gasteiger partial charge in [-0.25, -0.2) is 0 Å². The molecule has 2 N–H and O–H groups in total. The predicted molar refractivity (Wildman–Crippen MR) is 74.7 cm³/mol. The number of ether oxygens (including phenoxy) is 1. The van der Waals surface area contributed by atoms with Crippen LogP contribution in [0.1, 0.15) is 20.8 Å². The summed E-state index contributed by atoms with van der Waals surface area (Å²) in [5.74, 6) is 0.507. The summed E-state index contributed by atoms with van der Waals surface area (Å²) >= 11 is 0. The van der Waals surface area contributed by atoms with Crippen LogP contribution in [-0.4, -0.2) is 63.8 Å². The maximum atomic E-state index is 11.5. The van der Waals surface area contributed by atoms with Gasteiger partial charge in [-0.15, -0.1) is 0 Å². The molecule has 1 unspecified atom stereocenters. The molecule has 0 aromatic heterocycles. The maximum absolute atomic E-state index is 11.5. The molecule has 108 valence electrons. The quantitative estimate of drug-likeness (QED) is 0.555. The van der Waals surface area contributed by atoms with E-state index >= 15 is 0 Å². The summed E-state index contributed by atoms with van der Waals surface area (Å²) in [6.45, 7) is 9.56. The van der Waals surface area contributed by atoms with Crippen LogP contribution in [0.5, 0.6) is 0 Å². The third-order valence-electron chi connectivity index (χ3n) is 2.78. The van der Waals surface area contributed by atoms with Gasteiger partial charge in [0.1, 0.15) is 0 Å². The van der Waals surface area contributed by atoms with Crippen LogP contribution in [0.4, 0.5) is 0 Å². The minimum atomic E-state index is 0.0458. The van der Waals surface area contributed by atoms with Crippen molar-refractivity contribution in [2.75, 3.05) is 46.9 Å². The first kappa shape index (κ1) is 17.4. The second-order valence-electron chi connectivity index (χ2n) is 5.19. The van der Waals surface area contributed by atoms with Gasteiger partial charge in [-0.1, -0.05) is 13.8 Å². The van der Waals surface area contributed by atoms with Crippen LogP contribution in [0.2, 0.25) is 0 Å². The van der Waals surface area contributed by atoms with Gasteiger partial charge < -0.3 is 20.3 Å². The Labute approximate surface area is 111 Å². The SMILES string of the molecule is CC(C)C(C)NC(=O)CNCCOCCN(C)C. The average Bonchev–Trinajstić information content (AvgIpc) is 2.27. The van der Waals surface area contributed by atoms with Crippen molar-refractivity contribution in [1.29, 1.82) is 0 Å². The summed E-state index contributed by atoms with van der Waals surface area (Å²) in [6, 6.07) is 0.218. The van der Waals surface area contributed by atoms with Gasteiger partial charge in [0.05, 0.1) is 19.8 Å². The highest BCUT2D eigenvalue weighted by Crippen LogP contribution is 1.98. The minimum Gasteiger partial charge on any atom is -0.379 e. The Kier molecular flexibility index (Phi) is 9.92. The Bertz CT molecular complexity index is 220. The van der Waals surface area contributed by atoms with Crippen molar-refractivity contribution in [3.05, 3.63) is 0 Å². The molecular weight excluding hydrogens is 230 g/mol. The summed E-state index contributed by atoms with van der Waals surface area (Å²) in [5, 5.41) is 6.01. The fraction of sp³-hybridized carbons (Fsp3) is 0.923.